The van der Waals surface area contributed by atoms with E-state index in [2.05, 4.69) is 9.55 Å². The van der Waals surface area contributed by atoms with Crippen molar-refractivity contribution in [1.29, 1.82) is 0 Å². The fraction of sp³-hybridized carbons (Fsp3) is 0.500. The summed E-state index contributed by atoms with van der Waals surface area (Å²) >= 11 is 5.45. The Kier molecular flexibility index (Phi) is 2.19. The Labute approximate surface area is 110 Å². The van der Waals surface area contributed by atoms with Crippen LogP contribution in [0.5, 0.6) is 0 Å². The minimum absolute atomic E-state index is 0.185. The fourth-order valence-electron chi connectivity index (χ4n) is 3.07. The van der Waals surface area contributed by atoms with Crippen LogP contribution in [0.1, 0.15) is 31.7 Å². The molecule has 0 bridgehead atoms. The number of hydrogen-bond acceptors (Lipinski definition) is 1. The molecule has 4 rings (SSSR count). The fourth-order valence-corrected chi connectivity index (χ4v) is 3.40. The first-order chi connectivity index (χ1) is 8.74. The highest BCUT2D eigenvalue weighted by Gasteiger charge is 2.43. The van der Waals surface area contributed by atoms with Crippen molar-refractivity contribution in [2.75, 3.05) is 0 Å². The molecule has 1 aromatic heterocycles. The lowest BCUT2D eigenvalue weighted by Gasteiger charge is -2.18. The third-order valence-electron chi connectivity index (χ3n) is 4.19. The molecule has 2 nitrogen and oxygen atoms in total. The van der Waals surface area contributed by atoms with Gasteiger partial charge in [-0.15, -0.1) is 0 Å². The first kappa shape index (κ1) is 10.7. The molecule has 2 saturated carbocycles. The highest BCUT2D eigenvalue weighted by atomic mass is 32.1. The van der Waals surface area contributed by atoms with Crippen molar-refractivity contribution in [2.24, 2.45) is 11.8 Å². The molecule has 0 unspecified atom stereocenters. The van der Waals surface area contributed by atoms with Crippen LogP contribution in [0.25, 0.3) is 11.0 Å². The van der Waals surface area contributed by atoms with E-state index in [9.17, 15) is 4.39 Å². The van der Waals surface area contributed by atoms with E-state index in [1.165, 1.54) is 31.7 Å². The first-order valence-corrected chi connectivity index (χ1v) is 7.04. The minimum Gasteiger partial charge on any atom is -0.331 e. The summed E-state index contributed by atoms with van der Waals surface area (Å²) in [5.74, 6) is 1.33. The van der Waals surface area contributed by atoms with Crippen molar-refractivity contribution in [1.82, 2.24) is 9.55 Å². The van der Waals surface area contributed by atoms with Crippen LogP contribution in [0, 0.1) is 22.4 Å². The largest absolute Gasteiger partial charge is 0.331 e. The highest BCUT2D eigenvalue weighted by molar-refractivity contribution is 7.71. The molecule has 0 aliphatic heterocycles. The van der Waals surface area contributed by atoms with Gasteiger partial charge in [0.05, 0.1) is 11.0 Å². The smallest absolute Gasteiger partial charge is 0.178 e. The van der Waals surface area contributed by atoms with Crippen molar-refractivity contribution in [3.05, 3.63) is 28.8 Å². The van der Waals surface area contributed by atoms with Crippen LogP contribution in [-0.4, -0.2) is 9.55 Å². The average Bonchev–Trinajstić information content (AvgIpc) is 3.22. The van der Waals surface area contributed by atoms with Crippen molar-refractivity contribution < 1.29 is 4.39 Å². The van der Waals surface area contributed by atoms with Crippen molar-refractivity contribution in [2.45, 2.75) is 31.7 Å². The van der Waals surface area contributed by atoms with Gasteiger partial charge in [-0.25, -0.2) is 4.39 Å². The number of rotatable bonds is 3. The molecule has 2 aliphatic carbocycles. The van der Waals surface area contributed by atoms with Gasteiger partial charge in [-0.3, -0.25) is 0 Å². The second kappa shape index (κ2) is 3.67. The van der Waals surface area contributed by atoms with E-state index in [1.807, 2.05) is 0 Å². The molecule has 0 atom stereocenters. The summed E-state index contributed by atoms with van der Waals surface area (Å²) in [5, 5.41) is 0. The second-order valence-corrected chi connectivity index (χ2v) is 6.01. The molecule has 1 heterocycles. The Bertz CT molecular complexity index is 652. The van der Waals surface area contributed by atoms with E-state index in [-0.39, 0.29) is 5.82 Å². The predicted octanol–water partition coefficient (Wildman–Crippen LogP) is 4.20. The number of halogens is 1. The van der Waals surface area contributed by atoms with Crippen LogP contribution >= 0.6 is 12.2 Å². The summed E-state index contributed by atoms with van der Waals surface area (Å²) in [7, 11) is 0. The van der Waals surface area contributed by atoms with Crippen molar-refractivity contribution >= 4 is 23.3 Å². The van der Waals surface area contributed by atoms with E-state index in [0.29, 0.717) is 6.04 Å². The number of benzene rings is 1. The van der Waals surface area contributed by atoms with Gasteiger partial charge in [0, 0.05) is 6.04 Å². The number of H-pyrrole nitrogens is 1. The third-order valence-corrected chi connectivity index (χ3v) is 4.49. The normalized spacial score (nSPS) is 19.9. The van der Waals surface area contributed by atoms with Crippen LogP contribution in [-0.2, 0) is 0 Å². The molecule has 2 fully saturated rings. The zero-order valence-electron chi connectivity index (χ0n) is 10.0. The molecule has 18 heavy (non-hydrogen) atoms. The molecule has 2 aliphatic rings. The maximum Gasteiger partial charge on any atom is 0.178 e. The summed E-state index contributed by atoms with van der Waals surface area (Å²) < 4.78 is 16.4. The number of aromatic amines is 1. The van der Waals surface area contributed by atoms with E-state index in [1.54, 1.807) is 12.1 Å². The van der Waals surface area contributed by atoms with Gasteiger partial charge >= 0.3 is 0 Å². The minimum atomic E-state index is -0.185. The quantitative estimate of drug-likeness (QED) is 0.822. The summed E-state index contributed by atoms with van der Waals surface area (Å²) in [6.07, 6.45) is 5.19. The van der Waals surface area contributed by atoms with Crippen LogP contribution in [0.4, 0.5) is 4.39 Å². The standard InChI is InChI=1S/C14H15FN2S/c15-10-5-6-11-12(7-10)17(14(18)16-11)13(8-1-2-8)9-3-4-9/h5-9,13H,1-4H2,(H,16,18). The summed E-state index contributed by atoms with van der Waals surface area (Å²) in [5.41, 5.74) is 1.89. The number of aromatic nitrogens is 2. The molecular weight excluding hydrogens is 247 g/mol. The summed E-state index contributed by atoms with van der Waals surface area (Å²) in [6.45, 7) is 0. The van der Waals surface area contributed by atoms with E-state index < -0.39 is 0 Å². The molecule has 0 amide bonds. The lowest BCUT2D eigenvalue weighted by Crippen LogP contribution is -2.13. The Hall–Kier alpha value is -1.16. The molecule has 94 valence electrons. The second-order valence-electron chi connectivity index (χ2n) is 5.63. The molecule has 2 aromatic rings. The Morgan fingerprint density at radius 1 is 1.22 bits per heavy atom. The van der Waals surface area contributed by atoms with E-state index >= 15 is 0 Å². The topological polar surface area (TPSA) is 20.7 Å². The predicted molar refractivity (Wildman–Crippen MR) is 71.6 cm³/mol. The monoisotopic (exact) mass is 262 g/mol. The van der Waals surface area contributed by atoms with Gasteiger partial charge in [0.2, 0.25) is 0 Å². The van der Waals surface area contributed by atoms with Crippen molar-refractivity contribution in [3.63, 3.8) is 0 Å². The number of nitrogens with one attached hydrogen (secondary N) is 1. The van der Waals surface area contributed by atoms with Crippen LogP contribution in [0.2, 0.25) is 0 Å². The summed E-state index contributed by atoms with van der Waals surface area (Å²) in [6, 6.07) is 5.38. The summed E-state index contributed by atoms with van der Waals surface area (Å²) in [4.78, 5) is 3.21. The SMILES string of the molecule is Fc1ccc2[nH]c(=S)n(C(C3CC3)C3CC3)c2c1. The average molecular weight is 262 g/mol. The number of hydrogen-bond donors (Lipinski definition) is 1. The van der Waals surface area contributed by atoms with Crippen LogP contribution < -0.4 is 0 Å². The number of nitrogens with zero attached hydrogens (tertiary/aromatic N) is 1. The van der Waals surface area contributed by atoms with E-state index in [4.69, 9.17) is 12.2 Å². The molecule has 1 N–H and O–H groups in total. The maximum atomic E-state index is 13.5. The molecule has 1 aromatic carbocycles. The van der Waals surface area contributed by atoms with Gasteiger partial charge in [-0.2, -0.15) is 0 Å². The molecule has 0 spiro atoms. The Balaban J connectivity index is 1.94. The zero-order chi connectivity index (χ0) is 12.3. The van der Waals surface area contributed by atoms with Gasteiger partial charge in [0.1, 0.15) is 5.82 Å². The van der Waals surface area contributed by atoms with Gasteiger partial charge in [0.25, 0.3) is 0 Å². The molecule has 0 saturated heterocycles. The van der Waals surface area contributed by atoms with Gasteiger partial charge < -0.3 is 9.55 Å². The van der Waals surface area contributed by atoms with Gasteiger partial charge in [0.15, 0.2) is 4.77 Å². The molecule has 0 radical (unpaired) electrons. The highest BCUT2D eigenvalue weighted by Crippen LogP contribution is 2.52. The maximum absolute atomic E-state index is 13.5. The first-order valence-electron chi connectivity index (χ1n) is 6.64. The van der Waals surface area contributed by atoms with Crippen LogP contribution in [0.15, 0.2) is 18.2 Å². The third kappa shape index (κ3) is 1.62. The Morgan fingerprint density at radius 3 is 2.50 bits per heavy atom. The van der Waals surface area contributed by atoms with Crippen molar-refractivity contribution in [3.8, 4) is 0 Å². The number of imidazole rings is 1. The Morgan fingerprint density at radius 2 is 1.89 bits per heavy atom. The lowest BCUT2D eigenvalue weighted by molar-refractivity contribution is 0.400. The lowest BCUT2D eigenvalue weighted by atomic mass is 10.1. The van der Waals surface area contributed by atoms with E-state index in [0.717, 1.165) is 27.6 Å². The van der Waals surface area contributed by atoms with Gasteiger partial charge in [-0.05, 0) is 67.9 Å². The van der Waals surface area contributed by atoms with Gasteiger partial charge in [-0.1, -0.05) is 0 Å². The van der Waals surface area contributed by atoms with Crippen LogP contribution in [0.3, 0.4) is 0 Å². The number of fused-ring (bicyclic) bond motifs is 1. The molecular formula is C14H15FN2S. The zero-order valence-corrected chi connectivity index (χ0v) is 10.8. The molecule has 4 heteroatoms.